The molecule has 0 bridgehead atoms. The molecule has 0 aliphatic carbocycles. The van der Waals surface area contributed by atoms with Crippen molar-refractivity contribution < 1.29 is 18.4 Å². The number of furan rings is 1. The molecule has 1 heterocycles. The van der Waals surface area contributed by atoms with E-state index in [9.17, 15) is 14.0 Å². The molecule has 0 saturated carbocycles. The second-order valence-electron chi connectivity index (χ2n) is 6.94. The molecule has 0 fully saturated rings. The van der Waals surface area contributed by atoms with Gasteiger partial charge in [0.15, 0.2) is 0 Å². The molecule has 1 aromatic carbocycles. The molecule has 2 aromatic rings. The number of amides is 2. The van der Waals surface area contributed by atoms with Crippen LogP contribution in [0.5, 0.6) is 0 Å². The third-order valence-electron chi connectivity index (χ3n) is 4.31. The molecule has 6 nitrogen and oxygen atoms in total. The Labute approximate surface area is 158 Å². The minimum Gasteiger partial charge on any atom is -0.468 e. The summed E-state index contributed by atoms with van der Waals surface area (Å²) in [6, 6.07) is 8.03. The van der Waals surface area contributed by atoms with E-state index in [1.54, 1.807) is 12.3 Å². The predicted octanol–water partition coefficient (Wildman–Crippen LogP) is 2.59. The van der Waals surface area contributed by atoms with Gasteiger partial charge in [-0.15, -0.1) is 0 Å². The summed E-state index contributed by atoms with van der Waals surface area (Å²) >= 11 is 0. The molecular weight excluding hydrogens is 349 g/mol. The number of rotatable bonds is 8. The highest BCUT2D eigenvalue weighted by atomic mass is 19.1. The Kier molecular flexibility index (Phi) is 7.12. The molecular formula is C20H26FN3O3. The maximum Gasteiger partial charge on any atom is 0.251 e. The molecule has 2 N–H and O–H groups in total. The van der Waals surface area contributed by atoms with E-state index in [2.05, 4.69) is 10.6 Å². The average molecular weight is 375 g/mol. The summed E-state index contributed by atoms with van der Waals surface area (Å²) in [5.41, 5.74) is 0.302. The van der Waals surface area contributed by atoms with Gasteiger partial charge in [-0.3, -0.25) is 14.5 Å². The monoisotopic (exact) mass is 375 g/mol. The molecule has 2 atom stereocenters. The zero-order chi connectivity index (χ0) is 20.0. The lowest BCUT2D eigenvalue weighted by Crippen LogP contribution is -2.51. The fourth-order valence-electron chi connectivity index (χ4n) is 2.69. The molecule has 0 radical (unpaired) electrons. The highest BCUT2D eigenvalue weighted by Crippen LogP contribution is 2.17. The fraction of sp³-hybridized carbons (Fsp3) is 0.400. The first-order valence-electron chi connectivity index (χ1n) is 8.83. The predicted molar refractivity (Wildman–Crippen MR) is 101 cm³/mol. The summed E-state index contributed by atoms with van der Waals surface area (Å²) in [4.78, 5) is 27.0. The van der Waals surface area contributed by atoms with Gasteiger partial charge in [0, 0.05) is 12.1 Å². The zero-order valence-electron chi connectivity index (χ0n) is 16.0. The van der Waals surface area contributed by atoms with Crippen molar-refractivity contribution in [1.82, 2.24) is 15.5 Å². The Morgan fingerprint density at radius 3 is 2.33 bits per heavy atom. The first kappa shape index (κ1) is 20.6. The topological polar surface area (TPSA) is 74.6 Å². The molecule has 27 heavy (non-hydrogen) atoms. The summed E-state index contributed by atoms with van der Waals surface area (Å²) in [6.07, 6.45) is 1.59. The van der Waals surface area contributed by atoms with Crippen LogP contribution in [0.3, 0.4) is 0 Å². The van der Waals surface area contributed by atoms with Crippen molar-refractivity contribution in [3.63, 3.8) is 0 Å². The lowest BCUT2D eigenvalue weighted by molar-refractivity contribution is -0.124. The number of hydrogen-bond acceptors (Lipinski definition) is 4. The van der Waals surface area contributed by atoms with E-state index >= 15 is 0 Å². The number of likely N-dealkylation sites (N-methyl/N-ethyl adjacent to an activating group) is 1. The van der Waals surface area contributed by atoms with Crippen LogP contribution in [0.2, 0.25) is 0 Å². The maximum atomic E-state index is 13.0. The summed E-state index contributed by atoms with van der Waals surface area (Å²) in [5.74, 6) is -0.483. The average Bonchev–Trinajstić information content (AvgIpc) is 3.13. The summed E-state index contributed by atoms with van der Waals surface area (Å²) < 4.78 is 18.5. The van der Waals surface area contributed by atoms with Gasteiger partial charge in [-0.1, -0.05) is 13.8 Å². The van der Waals surface area contributed by atoms with Crippen molar-refractivity contribution in [2.75, 3.05) is 20.6 Å². The molecule has 1 aromatic heterocycles. The van der Waals surface area contributed by atoms with Gasteiger partial charge in [-0.2, -0.15) is 0 Å². The van der Waals surface area contributed by atoms with Gasteiger partial charge >= 0.3 is 0 Å². The minimum absolute atomic E-state index is 0.115. The Balaban J connectivity index is 2.01. The molecule has 7 heteroatoms. The van der Waals surface area contributed by atoms with E-state index < -0.39 is 17.8 Å². The number of carbonyl (C=O) groups is 2. The van der Waals surface area contributed by atoms with Gasteiger partial charge in [-0.25, -0.2) is 4.39 Å². The zero-order valence-corrected chi connectivity index (χ0v) is 16.0. The number of carbonyl (C=O) groups excluding carboxylic acids is 2. The Hall–Kier alpha value is -2.67. The van der Waals surface area contributed by atoms with Gasteiger partial charge in [-0.05, 0) is 56.4 Å². The van der Waals surface area contributed by atoms with Crippen LogP contribution in [0.1, 0.15) is 36.0 Å². The van der Waals surface area contributed by atoms with Crippen LogP contribution < -0.4 is 10.6 Å². The molecule has 0 aliphatic rings. The van der Waals surface area contributed by atoms with Crippen molar-refractivity contribution >= 4 is 11.8 Å². The van der Waals surface area contributed by atoms with Crippen molar-refractivity contribution in [3.05, 3.63) is 59.8 Å². The van der Waals surface area contributed by atoms with Gasteiger partial charge in [0.05, 0.1) is 12.3 Å². The number of hydrogen-bond donors (Lipinski definition) is 2. The molecule has 0 spiro atoms. The van der Waals surface area contributed by atoms with E-state index in [4.69, 9.17) is 4.42 Å². The number of nitrogens with one attached hydrogen (secondary N) is 2. The third kappa shape index (κ3) is 5.65. The highest BCUT2D eigenvalue weighted by Gasteiger charge is 2.26. The van der Waals surface area contributed by atoms with Crippen molar-refractivity contribution in [2.45, 2.75) is 25.9 Å². The van der Waals surface area contributed by atoms with Crippen LogP contribution in [-0.4, -0.2) is 43.4 Å². The first-order valence-corrected chi connectivity index (χ1v) is 8.83. The summed E-state index contributed by atoms with van der Waals surface area (Å²) in [6.45, 7) is 4.05. The summed E-state index contributed by atoms with van der Waals surface area (Å²) in [5, 5.41) is 5.61. The van der Waals surface area contributed by atoms with E-state index in [0.717, 1.165) is 5.76 Å². The van der Waals surface area contributed by atoms with Crippen molar-refractivity contribution in [2.24, 2.45) is 5.92 Å². The SMILES string of the molecule is CC(C)C(NC(=O)c1ccc(F)cc1)C(=O)NCC(c1ccco1)N(C)C. The van der Waals surface area contributed by atoms with Crippen molar-refractivity contribution in [3.8, 4) is 0 Å². The quantitative estimate of drug-likeness (QED) is 0.744. The van der Waals surface area contributed by atoms with Gasteiger partial charge in [0.1, 0.15) is 17.6 Å². The minimum atomic E-state index is -0.707. The van der Waals surface area contributed by atoms with Crippen LogP contribution in [0.4, 0.5) is 4.39 Å². The van der Waals surface area contributed by atoms with Crippen LogP contribution in [0, 0.1) is 11.7 Å². The third-order valence-corrected chi connectivity index (χ3v) is 4.31. The largest absolute Gasteiger partial charge is 0.468 e. The maximum absolute atomic E-state index is 13.0. The van der Waals surface area contributed by atoms with Crippen LogP contribution >= 0.6 is 0 Å². The molecule has 2 rings (SSSR count). The Morgan fingerprint density at radius 2 is 1.81 bits per heavy atom. The van der Waals surface area contributed by atoms with E-state index in [-0.39, 0.29) is 17.9 Å². The van der Waals surface area contributed by atoms with Crippen LogP contribution in [-0.2, 0) is 4.79 Å². The number of benzene rings is 1. The number of halogens is 1. The Morgan fingerprint density at radius 1 is 1.15 bits per heavy atom. The lowest BCUT2D eigenvalue weighted by atomic mass is 10.0. The van der Waals surface area contributed by atoms with E-state index in [1.807, 2.05) is 38.9 Å². The summed E-state index contributed by atoms with van der Waals surface area (Å²) in [7, 11) is 3.80. The smallest absolute Gasteiger partial charge is 0.251 e. The second kappa shape index (κ2) is 9.32. The lowest BCUT2D eigenvalue weighted by Gasteiger charge is -2.26. The first-order chi connectivity index (χ1) is 12.8. The molecule has 0 saturated heterocycles. The fourth-order valence-corrected chi connectivity index (χ4v) is 2.69. The van der Waals surface area contributed by atoms with Gasteiger partial charge < -0.3 is 15.1 Å². The second-order valence-corrected chi connectivity index (χ2v) is 6.94. The van der Waals surface area contributed by atoms with Crippen molar-refractivity contribution in [1.29, 1.82) is 0 Å². The normalized spacial score (nSPS) is 13.4. The molecule has 2 amide bonds. The molecule has 146 valence electrons. The Bertz CT molecular complexity index is 742. The van der Waals surface area contributed by atoms with E-state index in [1.165, 1.54) is 24.3 Å². The van der Waals surface area contributed by atoms with Gasteiger partial charge in [0.25, 0.3) is 5.91 Å². The molecule has 2 unspecified atom stereocenters. The van der Waals surface area contributed by atoms with Gasteiger partial charge in [0.2, 0.25) is 5.91 Å². The van der Waals surface area contributed by atoms with E-state index in [0.29, 0.717) is 12.1 Å². The number of nitrogens with zero attached hydrogens (tertiary/aromatic N) is 1. The highest BCUT2D eigenvalue weighted by molar-refractivity contribution is 5.97. The standard InChI is InChI=1S/C20H26FN3O3/c1-13(2)18(23-19(25)14-7-9-15(21)10-8-14)20(26)22-12-16(24(3)4)17-6-5-11-27-17/h5-11,13,16,18H,12H2,1-4H3,(H,22,26)(H,23,25). The van der Waals surface area contributed by atoms with Crippen LogP contribution in [0.25, 0.3) is 0 Å². The van der Waals surface area contributed by atoms with Crippen LogP contribution in [0.15, 0.2) is 47.1 Å². The molecule has 0 aliphatic heterocycles.